The van der Waals surface area contributed by atoms with Gasteiger partial charge in [0.25, 0.3) is 0 Å². The lowest BCUT2D eigenvalue weighted by Crippen LogP contribution is -2.31. The Morgan fingerprint density at radius 1 is 1.31 bits per heavy atom. The lowest BCUT2D eigenvalue weighted by molar-refractivity contribution is -0.121. The molecule has 0 heterocycles. The lowest BCUT2D eigenvalue weighted by atomic mass is 10.0. The maximum absolute atomic E-state index is 11.3. The van der Waals surface area contributed by atoms with Crippen molar-refractivity contribution in [3.63, 3.8) is 0 Å². The Bertz CT molecular complexity index is 207. The van der Waals surface area contributed by atoms with E-state index in [0.717, 1.165) is 0 Å². The van der Waals surface area contributed by atoms with Gasteiger partial charge in [0.15, 0.2) is 0 Å². The molecule has 0 aromatic carbocycles. The highest BCUT2D eigenvalue weighted by molar-refractivity contribution is 5.77. The van der Waals surface area contributed by atoms with Crippen LogP contribution in [0, 0.1) is 10.8 Å². The van der Waals surface area contributed by atoms with E-state index in [9.17, 15) is 4.79 Å². The van der Waals surface area contributed by atoms with Crippen molar-refractivity contribution in [1.29, 1.82) is 0 Å². The molecule has 1 fully saturated rings. The SMILES string of the molecule is CC1(C)C(NC(=O)CCN)C1(C)C. The first kappa shape index (κ1) is 10.5. The molecular weight excluding hydrogens is 164 g/mol. The second kappa shape index (κ2) is 2.98. The van der Waals surface area contributed by atoms with E-state index in [0.29, 0.717) is 19.0 Å². The van der Waals surface area contributed by atoms with E-state index in [-0.39, 0.29) is 16.7 Å². The van der Waals surface area contributed by atoms with Crippen LogP contribution in [0.3, 0.4) is 0 Å². The van der Waals surface area contributed by atoms with Crippen LogP contribution in [0.2, 0.25) is 0 Å². The van der Waals surface area contributed by atoms with Crippen LogP contribution in [-0.2, 0) is 4.79 Å². The fraction of sp³-hybridized carbons (Fsp3) is 0.900. The first-order chi connectivity index (χ1) is 5.84. The summed E-state index contributed by atoms with van der Waals surface area (Å²) >= 11 is 0. The minimum atomic E-state index is 0.0751. The van der Waals surface area contributed by atoms with Crippen molar-refractivity contribution in [3.05, 3.63) is 0 Å². The number of carbonyl (C=O) groups excluding carboxylic acids is 1. The highest BCUT2D eigenvalue weighted by atomic mass is 16.1. The van der Waals surface area contributed by atoms with E-state index in [4.69, 9.17) is 5.73 Å². The average Bonchev–Trinajstić information content (AvgIpc) is 2.33. The highest BCUT2D eigenvalue weighted by Crippen LogP contribution is 2.62. The van der Waals surface area contributed by atoms with Gasteiger partial charge in [0.05, 0.1) is 0 Å². The Balaban J connectivity index is 2.46. The van der Waals surface area contributed by atoms with Crippen molar-refractivity contribution in [1.82, 2.24) is 5.32 Å². The number of nitrogens with one attached hydrogen (secondary N) is 1. The molecule has 0 aromatic heterocycles. The second-order valence-corrected chi connectivity index (χ2v) is 4.98. The zero-order valence-corrected chi connectivity index (χ0v) is 8.98. The van der Waals surface area contributed by atoms with E-state index in [1.807, 2.05) is 0 Å². The van der Waals surface area contributed by atoms with Crippen molar-refractivity contribution in [2.24, 2.45) is 16.6 Å². The molecule has 0 atom stereocenters. The lowest BCUT2D eigenvalue weighted by Gasteiger charge is -2.04. The third-order valence-electron chi connectivity index (χ3n) is 3.70. The van der Waals surface area contributed by atoms with Gasteiger partial charge in [0.1, 0.15) is 0 Å². The summed E-state index contributed by atoms with van der Waals surface area (Å²) in [7, 11) is 0. The summed E-state index contributed by atoms with van der Waals surface area (Å²) in [6.45, 7) is 9.15. The van der Waals surface area contributed by atoms with Crippen LogP contribution in [0.5, 0.6) is 0 Å². The number of hydrogen-bond acceptors (Lipinski definition) is 2. The molecule has 1 saturated carbocycles. The molecule has 1 amide bonds. The van der Waals surface area contributed by atoms with Gasteiger partial charge in [0.2, 0.25) is 5.91 Å². The summed E-state index contributed by atoms with van der Waals surface area (Å²) in [5, 5.41) is 3.02. The summed E-state index contributed by atoms with van der Waals surface area (Å²) in [6.07, 6.45) is 0.433. The van der Waals surface area contributed by atoms with Gasteiger partial charge in [-0.3, -0.25) is 4.79 Å². The molecule has 3 N–H and O–H groups in total. The van der Waals surface area contributed by atoms with E-state index >= 15 is 0 Å². The van der Waals surface area contributed by atoms with Gasteiger partial charge in [-0.2, -0.15) is 0 Å². The summed E-state index contributed by atoms with van der Waals surface area (Å²) in [4.78, 5) is 11.3. The van der Waals surface area contributed by atoms with Crippen molar-refractivity contribution in [3.8, 4) is 0 Å². The first-order valence-electron chi connectivity index (χ1n) is 4.83. The molecule has 0 spiro atoms. The van der Waals surface area contributed by atoms with Gasteiger partial charge in [-0.15, -0.1) is 0 Å². The number of rotatable bonds is 3. The maximum Gasteiger partial charge on any atom is 0.221 e. The minimum Gasteiger partial charge on any atom is -0.352 e. The number of hydrogen-bond donors (Lipinski definition) is 2. The molecule has 0 aromatic rings. The monoisotopic (exact) mass is 184 g/mol. The Morgan fingerprint density at radius 3 is 2.08 bits per heavy atom. The van der Waals surface area contributed by atoms with Crippen LogP contribution in [0.25, 0.3) is 0 Å². The van der Waals surface area contributed by atoms with Crippen LogP contribution in [0.15, 0.2) is 0 Å². The van der Waals surface area contributed by atoms with Crippen molar-refractivity contribution >= 4 is 5.91 Å². The topological polar surface area (TPSA) is 55.1 Å². The van der Waals surface area contributed by atoms with Gasteiger partial charge in [0, 0.05) is 19.0 Å². The molecule has 76 valence electrons. The molecule has 0 unspecified atom stereocenters. The van der Waals surface area contributed by atoms with E-state index in [1.54, 1.807) is 0 Å². The zero-order chi connectivity index (χ0) is 10.3. The van der Waals surface area contributed by atoms with Gasteiger partial charge in [-0.05, 0) is 10.8 Å². The van der Waals surface area contributed by atoms with E-state index in [1.165, 1.54) is 0 Å². The third kappa shape index (κ3) is 1.57. The first-order valence-corrected chi connectivity index (χ1v) is 4.83. The number of amides is 1. The molecule has 1 rings (SSSR count). The summed E-state index contributed by atoms with van der Waals surface area (Å²) < 4.78 is 0. The van der Waals surface area contributed by atoms with Crippen molar-refractivity contribution in [2.75, 3.05) is 6.54 Å². The average molecular weight is 184 g/mol. The normalized spacial score (nSPS) is 24.1. The second-order valence-electron chi connectivity index (χ2n) is 4.98. The molecule has 0 saturated heterocycles. The Kier molecular flexibility index (Phi) is 2.41. The van der Waals surface area contributed by atoms with Gasteiger partial charge < -0.3 is 11.1 Å². The summed E-state index contributed by atoms with van der Waals surface area (Å²) in [5.41, 5.74) is 5.74. The quantitative estimate of drug-likeness (QED) is 0.684. The molecule has 1 aliphatic carbocycles. The molecule has 3 nitrogen and oxygen atoms in total. The molecule has 0 bridgehead atoms. The highest BCUT2D eigenvalue weighted by Gasteiger charge is 2.65. The fourth-order valence-corrected chi connectivity index (χ4v) is 1.92. The van der Waals surface area contributed by atoms with Crippen LogP contribution < -0.4 is 11.1 Å². The standard InChI is InChI=1S/C10H20N2O/c1-9(2)8(10(9,3)4)12-7(13)5-6-11/h8H,5-6,11H2,1-4H3,(H,12,13). The molecule has 0 aliphatic heterocycles. The fourth-order valence-electron chi connectivity index (χ4n) is 1.92. The maximum atomic E-state index is 11.3. The van der Waals surface area contributed by atoms with Crippen LogP contribution in [0.1, 0.15) is 34.1 Å². The predicted molar refractivity (Wildman–Crippen MR) is 53.2 cm³/mol. The molecule has 3 heteroatoms. The van der Waals surface area contributed by atoms with Crippen LogP contribution in [0.4, 0.5) is 0 Å². The Hall–Kier alpha value is -0.570. The largest absolute Gasteiger partial charge is 0.352 e. The van der Waals surface area contributed by atoms with E-state index < -0.39 is 0 Å². The number of carbonyl (C=O) groups is 1. The van der Waals surface area contributed by atoms with E-state index in [2.05, 4.69) is 33.0 Å². The Labute approximate surface area is 80.1 Å². The van der Waals surface area contributed by atoms with Crippen molar-refractivity contribution < 1.29 is 4.79 Å². The van der Waals surface area contributed by atoms with Gasteiger partial charge >= 0.3 is 0 Å². The molecule has 13 heavy (non-hydrogen) atoms. The molecule has 1 aliphatic rings. The van der Waals surface area contributed by atoms with Crippen LogP contribution >= 0.6 is 0 Å². The predicted octanol–water partition coefficient (Wildman–Crippen LogP) is 0.886. The molecular formula is C10H20N2O. The number of nitrogens with two attached hydrogens (primary N) is 1. The third-order valence-corrected chi connectivity index (χ3v) is 3.70. The zero-order valence-electron chi connectivity index (χ0n) is 8.98. The van der Waals surface area contributed by atoms with Crippen LogP contribution in [-0.4, -0.2) is 18.5 Å². The molecule has 0 radical (unpaired) electrons. The minimum absolute atomic E-state index is 0.0751. The van der Waals surface area contributed by atoms with Gasteiger partial charge in [-0.1, -0.05) is 27.7 Å². The summed E-state index contributed by atoms with van der Waals surface area (Å²) in [5.74, 6) is 0.0751. The van der Waals surface area contributed by atoms with Crippen molar-refractivity contribution in [2.45, 2.75) is 40.2 Å². The summed E-state index contributed by atoms with van der Waals surface area (Å²) in [6, 6.07) is 0.305. The Morgan fingerprint density at radius 2 is 1.77 bits per heavy atom. The van der Waals surface area contributed by atoms with Gasteiger partial charge in [-0.25, -0.2) is 0 Å². The smallest absolute Gasteiger partial charge is 0.221 e.